The molecule has 1 aromatic heterocycles. The molecule has 21 heavy (non-hydrogen) atoms. The molecule has 0 fully saturated rings. The Hall–Kier alpha value is -2.01. The van der Waals surface area contributed by atoms with Crippen LogP contribution < -0.4 is 14.2 Å². The lowest BCUT2D eigenvalue weighted by atomic mass is 9.91. The van der Waals surface area contributed by atoms with E-state index in [9.17, 15) is 5.11 Å². The zero-order valence-corrected chi connectivity index (χ0v) is 12.6. The molecule has 0 unspecified atom stereocenters. The van der Waals surface area contributed by atoms with Crippen molar-refractivity contribution in [1.82, 2.24) is 4.98 Å². The van der Waals surface area contributed by atoms with E-state index in [2.05, 4.69) is 4.98 Å². The smallest absolute Gasteiger partial charge is 0.221 e. The number of pyridine rings is 1. The van der Waals surface area contributed by atoms with Crippen LogP contribution in [0.15, 0.2) is 18.2 Å². The van der Waals surface area contributed by atoms with Gasteiger partial charge in [-0.1, -0.05) is 6.07 Å². The van der Waals surface area contributed by atoms with Gasteiger partial charge < -0.3 is 19.3 Å². The van der Waals surface area contributed by atoms with Gasteiger partial charge in [-0.05, 0) is 26.0 Å². The summed E-state index contributed by atoms with van der Waals surface area (Å²) in [6, 6.07) is 5.67. The number of hydrogen-bond donors (Lipinski definition) is 1. The molecule has 5 heteroatoms. The second kappa shape index (κ2) is 4.77. The molecule has 0 radical (unpaired) electrons. The number of fused-ring (bicyclic) bond motifs is 2. The normalized spacial score (nSPS) is 19.8. The summed E-state index contributed by atoms with van der Waals surface area (Å²) < 4.78 is 16.8. The first-order chi connectivity index (χ1) is 9.97. The van der Waals surface area contributed by atoms with Crippen molar-refractivity contribution in [3.63, 3.8) is 0 Å². The fourth-order valence-electron chi connectivity index (χ4n) is 2.67. The van der Waals surface area contributed by atoms with Crippen LogP contribution in [0.2, 0.25) is 0 Å². The number of hydrogen-bond acceptors (Lipinski definition) is 5. The van der Waals surface area contributed by atoms with E-state index in [1.807, 2.05) is 32.0 Å². The van der Waals surface area contributed by atoms with Crippen molar-refractivity contribution in [3.05, 3.63) is 23.8 Å². The highest BCUT2D eigenvalue weighted by atomic mass is 16.5. The Labute approximate surface area is 123 Å². The standard InChI is InChI=1S/C16H19NO4/c1-16(2)12(18)8-10-14(20-4)9-6-5-7-11(19-3)13(9)17-15(10)21-16/h5-7,12,18H,8H2,1-4H3/t12-/m1/s1. The van der Waals surface area contributed by atoms with Crippen molar-refractivity contribution in [2.75, 3.05) is 14.2 Å². The second-order valence-corrected chi connectivity index (χ2v) is 5.71. The van der Waals surface area contributed by atoms with Crippen molar-refractivity contribution in [3.8, 4) is 17.4 Å². The van der Waals surface area contributed by atoms with Crippen LogP contribution in [0.25, 0.3) is 10.9 Å². The average Bonchev–Trinajstić information content (AvgIpc) is 2.45. The number of benzene rings is 1. The lowest BCUT2D eigenvalue weighted by Crippen LogP contribution is -2.46. The number of aliphatic hydroxyl groups excluding tert-OH is 1. The first-order valence-corrected chi connectivity index (χ1v) is 6.88. The second-order valence-electron chi connectivity index (χ2n) is 5.71. The van der Waals surface area contributed by atoms with E-state index in [1.54, 1.807) is 14.2 Å². The van der Waals surface area contributed by atoms with Crippen molar-refractivity contribution in [2.24, 2.45) is 0 Å². The number of nitrogens with zero attached hydrogens (tertiary/aromatic N) is 1. The Morgan fingerprint density at radius 2 is 2.05 bits per heavy atom. The third-order valence-corrected chi connectivity index (χ3v) is 3.97. The van der Waals surface area contributed by atoms with E-state index in [4.69, 9.17) is 14.2 Å². The number of aliphatic hydroxyl groups is 1. The van der Waals surface area contributed by atoms with E-state index in [-0.39, 0.29) is 0 Å². The van der Waals surface area contributed by atoms with Gasteiger partial charge in [-0.3, -0.25) is 0 Å². The molecule has 2 heterocycles. The molecule has 3 rings (SSSR count). The maximum absolute atomic E-state index is 10.2. The third kappa shape index (κ3) is 2.08. The monoisotopic (exact) mass is 289 g/mol. The Kier molecular flexibility index (Phi) is 3.17. The molecule has 5 nitrogen and oxygen atoms in total. The van der Waals surface area contributed by atoms with Gasteiger partial charge in [0.15, 0.2) is 0 Å². The summed E-state index contributed by atoms with van der Waals surface area (Å²) in [5.41, 5.74) is 0.814. The van der Waals surface area contributed by atoms with E-state index in [0.717, 1.165) is 10.9 Å². The summed E-state index contributed by atoms with van der Waals surface area (Å²) in [7, 11) is 3.22. The first kappa shape index (κ1) is 13.9. The molecular weight excluding hydrogens is 270 g/mol. The highest BCUT2D eigenvalue weighted by Gasteiger charge is 2.38. The zero-order chi connectivity index (χ0) is 15.2. The largest absolute Gasteiger partial charge is 0.496 e. The predicted octanol–water partition coefficient (Wildman–Crippen LogP) is 2.33. The van der Waals surface area contributed by atoms with Crippen LogP contribution in [0.4, 0.5) is 0 Å². The number of para-hydroxylation sites is 1. The number of ether oxygens (including phenoxy) is 3. The van der Waals surface area contributed by atoms with E-state index < -0.39 is 11.7 Å². The molecule has 1 aliphatic rings. The van der Waals surface area contributed by atoms with Gasteiger partial charge in [0.05, 0.1) is 25.9 Å². The highest BCUT2D eigenvalue weighted by molar-refractivity contribution is 5.92. The molecule has 0 amide bonds. The van der Waals surface area contributed by atoms with Gasteiger partial charge >= 0.3 is 0 Å². The van der Waals surface area contributed by atoms with Gasteiger partial charge in [-0.15, -0.1) is 0 Å². The fraction of sp³-hybridized carbons (Fsp3) is 0.438. The average molecular weight is 289 g/mol. The Bertz CT molecular complexity index is 696. The van der Waals surface area contributed by atoms with Crippen LogP contribution >= 0.6 is 0 Å². The van der Waals surface area contributed by atoms with Gasteiger partial charge in [0.2, 0.25) is 5.88 Å². The van der Waals surface area contributed by atoms with Gasteiger partial charge in [-0.25, -0.2) is 4.98 Å². The minimum atomic E-state index is -0.680. The van der Waals surface area contributed by atoms with Crippen LogP contribution in [0, 0.1) is 0 Å². The van der Waals surface area contributed by atoms with Crippen molar-refractivity contribution in [2.45, 2.75) is 32.0 Å². The molecule has 0 spiro atoms. The van der Waals surface area contributed by atoms with Crippen LogP contribution in [0.5, 0.6) is 17.4 Å². The Morgan fingerprint density at radius 1 is 1.29 bits per heavy atom. The van der Waals surface area contributed by atoms with E-state index in [0.29, 0.717) is 29.3 Å². The van der Waals surface area contributed by atoms with Crippen LogP contribution in [0.1, 0.15) is 19.4 Å². The molecule has 0 bridgehead atoms. The molecule has 0 saturated heterocycles. The summed E-state index contributed by atoms with van der Waals surface area (Å²) >= 11 is 0. The molecule has 0 saturated carbocycles. The van der Waals surface area contributed by atoms with Gasteiger partial charge in [0.25, 0.3) is 0 Å². The highest BCUT2D eigenvalue weighted by Crippen LogP contribution is 2.42. The van der Waals surface area contributed by atoms with Gasteiger partial charge in [0, 0.05) is 11.8 Å². The number of aromatic nitrogens is 1. The summed E-state index contributed by atoms with van der Waals surface area (Å²) in [6.45, 7) is 3.70. The lowest BCUT2D eigenvalue weighted by Gasteiger charge is -2.36. The third-order valence-electron chi connectivity index (χ3n) is 3.97. The molecule has 1 aliphatic heterocycles. The van der Waals surface area contributed by atoms with E-state index in [1.165, 1.54) is 0 Å². The number of rotatable bonds is 2. The van der Waals surface area contributed by atoms with Crippen molar-refractivity contribution in [1.29, 1.82) is 0 Å². The van der Waals surface area contributed by atoms with Crippen LogP contribution in [0.3, 0.4) is 0 Å². The van der Waals surface area contributed by atoms with Crippen molar-refractivity contribution < 1.29 is 19.3 Å². The molecule has 1 atom stereocenters. The number of methoxy groups -OCH3 is 2. The molecule has 0 aliphatic carbocycles. The predicted molar refractivity (Wildman–Crippen MR) is 79.3 cm³/mol. The quantitative estimate of drug-likeness (QED) is 0.919. The van der Waals surface area contributed by atoms with Gasteiger partial charge in [0.1, 0.15) is 22.6 Å². The summed E-state index contributed by atoms with van der Waals surface area (Å²) in [4.78, 5) is 4.59. The molecular formula is C16H19NO4. The minimum absolute atomic E-state index is 0.450. The maximum Gasteiger partial charge on any atom is 0.221 e. The molecule has 112 valence electrons. The Morgan fingerprint density at radius 3 is 2.71 bits per heavy atom. The minimum Gasteiger partial charge on any atom is -0.496 e. The lowest BCUT2D eigenvalue weighted by molar-refractivity contribution is -0.0445. The molecule has 1 N–H and O–H groups in total. The SMILES string of the molecule is COc1c2c(nc3c(OC)cccc13)OC(C)(C)[C@H](O)C2. The van der Waals surface area contributed by atoms with Crippen LogP contribution in [-0.4, -0.2) is 36.0 Å². The Balaban J connectivity index is 2.31. The van der Waals surface area contributed by atoms with Crippen LogP contribution in [-0.2, 0) is 6.42 Å². The van der Waals surface area contributed by atoms with Crippen molar-refractivity contribution >= 4 is 10.9 Å². The maximum atomic E-state index is 10.2. The topological polar surface area (TPSA) is 60.8 Å². The molecule has 2 aromatic rings. The van der Waals surface area contributed by atoms with E-state index >= 15 is 0 Å². The summed E-state index contributed by atoms with van der Waals surface area (Å²) in [6.07, 6.45) is -0.158. The van der Waals surface area contributed by atoms with Gasteiger partial charge in [-0.2, -0.15) is 0 Å². The summed E-state index contributed by atoms with van der Waals surface area (Å²) in [5.74, 6) is 1.85. The summed E-state index contributed by atoms with van der Waals surface area (Å²) in [5, 5.41) is 11.1. The first-order valence-electron chi connectivity index (χ1n) is 6.88. The fourth-order valence-corrected chi connectivity index (χ4v) is 2.67. The molecule has 1 aromatic carbocycles. The zero-order valence-electron chi connectivity index (χ0n) is 12.6.